The molecule has 26 heavy (non-hydrogen) atoms. The Morgan fingerprint density at radius 2 is 1.92 bits per heavy atom. The molecule has 4 rings (SSSR count). The van der Waals surface area contributed by atoms with Crippen LogP contribution in [0.2, 0.25) is 0 Å². The van der Waals surface area contributed by atoms with Gasteiger partial charge >= 0.3 is 0 Å². The molecule has 1 amide bonds. The van der Waals surface area contributed by atoms with Gasteiger partial charge in [0.15, 0.2) is 0 Å². The number of fused-ring (bicyclic) bond motifs is 1. The van der Waals surface area contributed by atoms with E-state index in [9.17, 15) is 4.79 Å². The number of pyridine rings is 1. The summed E-state index contributed by atoms with van der Waals surface area (Å²) in [4.78, 5) is 18.0. The van der Waals surface area contributed by atoms with Gasteiger partial charge in [-0.2, -0.15) is 0 Å². The van der Waals surface area contributed by atoms with Gasteiger partial charge < -0.3 is 10.6 Å². The minimum Gasteiger partial charge on any atom is -0.368 e. The summed E-state index contributed by atoms with van der Waals surface area (Å²) in [5.74, 6) is 6.92. The molecule has 0 radical (unpaired) electrons. The van der Waals surface area contributed by atoms with Gasteiger partial charge in [0.1, 0.15) is 11.9 Å². The summed E-state index contributed by atoms with van der Waals surface area (Å²) >= 11 is 0. The van der Waals surface area contributed by atoms with E-state index in [-0.39, 0.29) is 11.9 Å². The molecule has 1 aromatic heterocycles. The number of amides is 1. The third-order valence-electron chi connectivity index (χ3n) is 4.75. The SMILES string of the molecule is NC(=O)[C@H]1CCCN1c1ccc(C#Cc2cccc3ccccc23)cn1. The second-order valence-corrected chi connectivity index (χ2v) is 6.44. The van der Waals surface area contributed by atoms with E-state index in [2.05, 4.69) is 35.0 Å². The second kappa shape index (κ2) is 6.89. The fraction of sp³-hybridized carbons (Fsp3) is 0.182. The highest BCUT2D eigenvalue weighted by atomic mass is 16.1. The van der Waals surface area contributed by atoms with Gasteiger partial charge in [-0.15, -0.1) is 0 Å². The molecule has 1 fully saturated rings. The zero-order valence-corrected chi connectivity index (χ0v) is 14.4. The van der Waals surface area contributed by atoms with E-state index in [4.69, 9.17) is 5.73 Å². The lowest BCUT2D eigenvalue weighted by molar-refractivity contribution is -0.119. The molecule has 1 aliphatic rings. The first-order valence-corrected chi connectivity index (χ1v) is 8.74. The lowest BCUT2D eigenvalue weighted by Gasteiger charge is -2.22. The number of hydrogen-bond donors (Lipinski definition) is 1. The van der Waals surface area contributed by atoms with Gasteiger partial charge in [0.25, 0.3) is 0 Å². The van der Waals surface area contributed by atoms with Crippen molar-refractivity contribution in [1.29, 1.82) is 0 Å². The van der Waals surface area contributed by atoms with E-state index in [1.165, 1.54) is 5.39 Å². The van der Waals surface area contributed by atoms with E-state index in [1.54, 1.807) is 6.20 Å². The molecule has 1 saturated heterocycles. The van der Waals surface area contributed by atoms with Crippen LogP contribution in [0.1, 0.15) is 24.0 Å². The smallest absolute Gasteiger partial charge is 0.240 e. The Balaban J connectivity index is 1.59. The van der Waals surface area contributed by atoms with Gasteiger partial charge in [-0.25, -0.2) is 4.98 Å². The maximum atomic E-state index is 11.5. The Bertz CT molecular complexity index is 1010. The maximum absolute atomic E-state index is 11.5. The van der Waals surface area contributed by atoms with Crippen molar-refractivity contribution in [2.24, 2.45) is 5.73 Å². The number of anilines is 1. The van der Waals surface area contributed by atoms with E-state index < -0.39 is 0 Å². The number of benzene rings is 2. The first kappa shape index (κ1) is 16.2. The third kappa shape index (κ3) is 3.12. The van der Waals surface area contributed by atoms with E-state index in [0.717, 1.165) is 41.7 Å². The van der Waals surface area contributed by atoms with Crippen molar-refractivity contribution in [3.63, 3.8) is 0 Å². The van der Waals surface area contributed by atoms with Gasteiger partial charge in [0, 0.05) is 23.9 Å². The van der Waals surface area contributed by atoms with Crippen LogP contribution in [-0.2, 0) is 4.79 Å². The Morgan fingerprint density at radius 3 is 2.73 bits per heavy atom. The summed E-state index contributed by atoms with van der Waals surface area (Å²) in [5, 5.41) is 2.33. The van der Waals surface area contributed by atoms with E-state index >= 15 is 0 Å². The van der Waals surface area contributed by atoms with Crippen molar-refractivity contribution in [3.8, 4) is 11.8 Å². The second-order valence-electron chi connectivity index (χ2n) is 6.44. The predicted octanol–water partition coefficient (Wildman–Crippen LogP) is 3.09. The van der Waals surface area contributed by atoms with Gasteiger partial charge in [0.2, 0.25) is 5.91 Å². The number of nitrogens with two attached hydrogens (primary N) is 1. The number of nitrogens with zero attached hydrogens (tertiary/aromatic N) is 2. The average molecular weight is 341 g/mol. The third-order valence-corrected chi connectivity index (χ3v) is 4.75. The Hall–Kier alpha value is -3.32. The van der Waals surface area contributed by atoms with E-state index in [1.807, 2.05) is 41.3 Å². The van der Waals surface area contributed by atoms with Gasteiger partial charge in [-0.05, 0) is 41.8 Å². The van der Waals surface area contributed by atoms with Crippen LogP contribution in [0.5, 0.6) is 0 Å². The molecule has 3 aromatic rings. The zero-order valence-electron chi connectivity index (χ0n) is 14.4. The minimum absolute atomic E-state index is 0.255. The molecule has 0 saturated carbocycles. The van der Waals surface area contributed by atoms with Crippen molar-refractivity contribution in [3.05, 3.63) is 71.9 Å². The molecule has 0 aliphatic carbocycles. The number of rotatable bonds is 2. The molecule has 2 aromatic carbocycles. The predicted molar refractivity (Wildman–Crippen MR) is 104 cm³/mol. The summed E-state index contributed by atoms with van der Waals surface area (Å²) < 4.78 is 0. The van der Waals surface area contributed by atoms with Crippen LogP contribution in [0.15, 0.2) is 60.8 Å². The van der Waals surface area contributed by atoms with Crippen LogP contribution in [0, 0.1) is 11.8 Å². The van der Waals surface area contributed by atoms with Crippen molar-refractivity contribution >= 4 is 22.5 Å². The van der Waals surface area contributed by atoms with Crippen molar-refractivity contribution < 1.29 is 4.79 Å². The Labute approximate surface area is 152 Å². The van der Waals surface area contributed by atoms with E-state index in [0.29, 0.717) is 0 Å². The van der Waals surface area contributed by atoms with Crippen LogP contribution in [-0.4, -0.2) is 23.5 Å². The molecular weight excluding hydrogens is 322 g/mol. The molecule has 4 heteroatoms. The van der Waals surface area contributed by atoms with Crippen molar-refractivity contribution in [2.75, 3.05) is 11.4 Å². The fourth-order valence-corrected chi connectivity index (χ4v) is 3.44. The summed E-state index contributed by atoms with van der Waals surface area (Å²) in [6.45, 7) is 0.807. The van der Waals surface area contributed by atoms with Crippen LogP contribution in [0.4, 0.5) is 5.82 Å². The summed E-state index contributed by atoms with van der Waals surface area (Å²) in [6, 6.07) is 17.9. The number of carbonyl (C=O) groups excluding carboxylic acids is 1. The number of carbonyl (C=O) groups is 1. The van der Waals surface area contributed by atoms with Gasteiger partial charge in [-0.1, -0.05) is 48.2 Å². The fourth-order valence-electron chi connectivity index (χ4n) is 3.44. The lowest BCUT2D eigenvalue weighted by atomic mass is 10.0. The molecule has 2 N–H and O–H groups in total. The average Bonchev–Trinajstić information content (AvgIpc) is 3.17. The largest absolute Gasteiger partial charge is 0.368 e. The van der Waals surface area contributed by atoms with Crippen LogP contribution in [0.25, 0.3) is 10.8 Å². The molecular formula is C22H19N3O. The van der Waals surface area contributed by atoms with Gasteiger partial charge in [-0.3, -0.25) is 4.79 Å². The summed E-state index contributed by atoms with van der Waals surface area (Å²) in [7, 11) is 0. The maximum Gasteiger partial charge on any atom is 0.240 e. The molecule has 128 valence electrons. The molecule has 0 spiro atoms. The highest BCUT2D eigenvalue weighted by molar-refractivity contribution is 5.88. The van der Waals surface area contributed by atoms with Crippen LogP contribution in [0.3, 0.4) is 0 Å². The quantitative estimate of drug-likeness (QED) is 0.729. The highest BCUT2D eigenvalue weighted by Crippen LogP contribution is 2.23. The highest BCUT2D eigenvalue weighted by Gasteiger charge is 2.29. The molecule has 1 aliphatic heterocycles. The first-order chi connectivity index (χ1) is 12.7. The van der Waals surface area contributed by atoms with Crippen LogP contribution >= 0.6 is 0 Å². The number of aromatic nitrogens is 1. The number of primary amides is 1. The number of hydrogen-bond acceptors (Lipinski definition) is 3. The topological polar surface area (TPSA) is 59.2 Å². The molecule has 0 bridgehead atoms. The van der Waals surface area contributed by atoms with Gasteiger partial charge in [0.05, 0.1) is 0 Å². The Morgan fingerprint density at radius 1 is 1.08 bits per heavy atom. The molecule has 1 atom stereocenters. The normalized spacial score (nSPS) is 16.3. The zero-order chi connectivity index (χ0) is 17.9. The monoisotopic (exact) mass is 341 g/mol. The molecule has 4 nitrogen and oxygen atoms in total. The summed E-state index contributed by atoms with van der Waals surface area (Å²) in [5.41, 5.74) is 7.33. The summed E-state index contributed by atoms with van der Waals surface area (Å²) in [6.07, 6.45) is 3.50. The van der Waals surface area contributed by atoms with Crippen molar-refractivity contribution in [1.82, 2.24) is 4.98 Å². The van der Waals surface area contributed by atoms with Crippen molar-refractivity contribution in [2.45, 2.75) is 18.9 Å². The Kier molecular flexibility index (Phi) is 4.28. The molecule has 2 heterocycles. The van der Waals surface area contributed by atoms with Crippen LogP contribution < -0.4 is 10.6 Å². The lowest BCUT2D eigenvalue weighted by Crippen LogP contribution is -2.40. The standard InChI is InChI=1S/C22H19N3O/c23-22(26)20-9-4-14-25(20)21-13-11-16(15-24-21)10-12-18-7-3-6-17-5-1-2-8-19(17)18/h1-3,5-8,11,13,15,20H,4,9,14H2,(H2,23,26)/t20-/m1/s1. The first-order valence-electron chi connectivity index (χ1n) is 8.74. The molecule has 0 unspecified atom stereocenters. The minimum atomic E-state index is -0.288.